The number of ether oxygens (including phenoxy) is 3. The van der Waals surface area contributed by atoms with Crippen LogP contribution < -0.4 is 9.47 Å². The number of Topliss-reactive ketones (excluding diaryl/α,β-unsaturated/α-hetero) is 1. The Morgan fingerprint density at radius 3 is 2.43 bits per heavy atom. The number of nitrogens with one attached hydrogen (secondary N) is 1. The van der Waals surface area contributed by atoms with Gasteiger partial charge in [0.15, 0.2) is 23.9 Å². The van der Waals surface area contributed by atoms with Crippen molar-refractivity contribution >= 4 is 11.8 Å². The Morgan fingerprint density at radius 1 is 1.21 bits per heavy atom. The summed E-state index contributed by atoms with van der Waals surface area (Å²) < 4.78 is 39.0. The molecule has 9 heteroatoms. The Hall–Kier alpha value is -2.94. The van der Waals surface area contributed by atoms with Crippen LogP contribution in [0.2, 0.25) is 0 Å². The number of aliphatic hydroxyl groups is 1. The Morgan fingerprint density at radius 2 is 1.89 bits per heavy atom. The van der Waals surface area contributed by atoms with Gasteiger partial charge in [-0.1, -0.05) is 0 Å². The number of carbonyl (C=O) groups excluding carboxylic acids is 2. The van der Waals surface area contributed by atoms with Crippen molar-refractivity contribution in [1.82, 2.24) is 4.98 Å². The van der Waals surface area contributed by atoms with Gasteiger partial charge in [0, 0.05) is 16.8 Å². The molecule has 1 aromatic heterocycles. The fourth-order valence-corrected chi connectivity index (χ4v) is 2.92. The summed E-state index contributed by atoms with van der Waals surface area (Å²) in [5, 5.41) is 9.78. The molecule has 152 valence electrons. The van der Waals surface area contributed by atoms with Gasteiger partial charge in [-0.3, -0.25) is 4.79 Å². The number of hydrogen-bond donors (Lipinski definition) is 2. The standard InChI is InChI=1S/C19H21F2NO6/c1-9-16(11(3)23)10(2)22-17(9)18(25)27-8-13(24)12-5-6-14(28-19(20)21)15(7-12)26-4/h5-7,11,19,22-23H,8H2,1-4H3/t11-/m1/s1. The molecule has 1 heterocycles. The number of H-pyrrole nitrogens is 1. The van der Waals surface area contributed by atoms with Crippen LogP contribution in [0.3, 0.4) is 0 Å². The quantitative estimate of drug-likeness (QED) is 0.524. The van der Waals surface area contributed by atoms with Crippen LogP contribution >= 0.6 is 0 Å². The van der Waals surface area contributed by atoms with Gasteiger partial charge in [0.05, 0.1) is 13.2 Å². The number of esters is 1. The second-order valence-electron chi connectivity index (χ2n) is 6.08. The highest BCUT2D eigenvalue weighted by Gasteiger charge is 2.22. The molecule has 0 saturated carbocycles. The molecule has 0 spiro atoms. The first kappa shape index (κ1) is 21.4. The van der Waals surface area contributed by atoms with Gasteiger partial charge < -0.3 is 24.3 Å². The lowest BCUT2D eigenvalue weighted by molar-refractivity contribution is -0.0512. The molecule has 0 aliphatic rings. The van der Waals surface area contributed by atoms with E-state index in [2.05, 4.69) is 9.72 Å². The van der Waals surface area contributed by atoms with Crippen molar-refractivity contribution in [2.75, 3.05) is 13.7 Å². The summed E-state index contributed by atoms with van der Waals surface area (Å²) in [6.07, 6.45) is -0.763. The summed E-state index contributed by atoms with van der Waals surface area (Å²) in [6, 6.07) is 3.67. The van der Waals surface area contributed by atoms with Gasteiger partial charge in [0.2, 0.25) is 0 Å². The van der Waals surface area contributed by atoms with E-state index in [4.69, 9.17) is 9.47 Å². The zero-order chi connectivity index (χ0) is 21.0. The molecule has 1 atom stereocenters. The maximum absolute atomic E-state index is 12.4. The minimum atomic E-state index is -3.03. The summed E-state index contributed by atoms with van der Waals surface area (Å²) in [5.41, 5.74) is 2.03. The number of hydrogen-bond acceptors (Lipinski definition) is 6. The van der Waals surface area contributed by atoms with Gasteiger partial charge in [-0.15, -0.1) is 0 Å². The largest absolute Gasteiger partial charge is 0.493 e. The van der Waals surface area contributed by atoms with Crippen molar-refractivity contribution in [2.45, 2.75) is 33.5 Å². The molecule has 28 heavy (non-hydrogen) atoms. The van der Waals surface area contributed by atoms with Crippen LogP contribution in [-0.4, -0.2) is 42.2 Å². The predicted octanol–water partition coefficient (Wildman–Crippen LogP) is 3.33. The summed E-state index contributed by atoms with van der Waals surface area (Å²) in [5.74, 6) is -1.55. The summed E-state index contributed by atoms with van der Waals surface area (Å²) in [4.78, 5) is 27.4. The molecular weight excluding hydrogens is 376 g/mol. The normalized spacial score (nSPS) is 12.0. The summed E-state index contributed by atoms with van der Waals surface area (Å²) in [7, 11) is 1.25. The zero-order valence-corrected chi connectivity index (χ0v) is 15.8. The Balaban J connectivity index is 2.10. The third-order valence-electron chi connectivity index (χ3n) is 4.15. The molecule has 0 fully saturated rings. The Bertz CT molecular complexity index is 876. The van der Waals surface area contributed by atoms with Crippen LogP contribution in [0.1, 0.15) is 50.7 Å². The molecule has 0 unspecified atom stereocenters. The molecule has 0 saturated heterocycles. The van der Waals surface area contributed by atoms with Crippen molar-refractivity contribution in [2.24, 2.45) is 0 Å². The van der Waals surface area contributed by atoms with Crippen molar-refractivity contribution in [3.8, 4) is 11.5 Å². The number of ketones is 1. The number of aromatic nitrogens is 1. The molecule has 0 aliphatic heterocycles. The third kappa shape index (κ3) is 4.66. The van der Waals surface area contributed by atoms with Crippen LogP contribution in [0.25, 0.3) is 0 Å². The lowest BCUT2D eigenvalue weighted by Crippen LogP contribution is -2.15. The lowest BCUT2D eigenvalue weighted by Gasteiger charge is -2.11. The fraction of sp³-hybridized carbons (Fsp3) is 0.368. The molecular formula is C19H21F2NO6. The highest BCUT2D eigenvalue weighted by atomic mass is 19.3. The number of carbonyl (C=O) groups is 2. The number of benzene rings is 1. The molecule has 0 bridgehead atoms. The second kappa shape index (κ2) is 8.83. The molecule has 2 aromatic rings. The molecule has 0 aliphatic carbocycles. The zero-order valence-electron chi connectivity index (χ0n) is 15.8. The van der Waals surface area contributed by atoms with E-state index in [1.807, 2.05) is 0 Å². The molecule has 1 aromatic carbocycles. The monoisotopic (exact) mass is 397 g/mol. The van der Waals surface area contributed by atoms with E-state index in [9.17, 15) is 23.5 Å². The van der Waals surface area contributed by atoms with E-state index in [1.54, 1.807) is 20.8 Å². The highest BCUT2D eigenvalue weighted by Crippen LogP contribution is 2.30. The van der Waals surface area contributed by atoms with Crippen molar-refractivity contribution < 1.29 is 37.7 Å². The number of methoxy groups -OCH3 is 1. The molecule has 2 N–H and O–H groups in total. The first-order chi connectivity index (χ1) is 13.1. The third-order valence-corrected chi connectivity index (χ3v) is 4.15. The van der Waals surface area contributed by atoms with Crippen LogP contribution in [0.4, 0.5) is 8.78 Å². The number of alkyl halides is 2. The number of aliphatic hydroxyl groups excluding tert-OH is 1. The van der Waals surface area contributed by atoms with E-state index in [-0.39, 0.29) is 22.8 Å². The van der Waals surface area contributed by atoms with Crippen LogP contribution in [0, 0.1) is 13.8 Å². The second-order valence-corrected chi connectivity index (χ2v) is 6.08. The highest BCUT2D eigenvalue weighted by molar-refractivity contribution is 5.99. The van der Waals surface area contributed by atoms with E-state index in [0.717, 1.165) is 0 Å². The van der Waals surface area contributed by atoms with Crippen molar-refractivity contribution in [3.63, 3.8) is 0 Å². The average Bonchev–Trinajstić information content (AvgIpc) is 2.93. The summed E-state index contributed by atoms with van der Waals surface area (Å²) >= 11 is 0. The van der Waals surface area contributed by atoms with Crippen molar-refractivity contribution in [3.05, 3.63) is 46.3 Å². The van der Waals surface area contributed by atoms with Gasteiger partial charge in [0.1, 0.15) is 5.69 Å². The average molecular weight is 397 g/mol. The van der Waals surface area contributed by atoms with E-state index < -0.39 is 31.1 Å². The summed E-state index contributed by atoms with van der Waals surface area (Å²) in [6.45, 7) is 1.37. The minimum absolute atomic E-state index is 0.0464. The Kier molecular flexibility index (Phi) is 6.74. The van der Waals surface area contributed by atoms with E-state index in [1.165, 1.54) is 25.3 Å². The maximum Gasteiger partial charge on any atom is 0.387 e. The van der Waals surface area contributed by atoms with Crippen LogP contribution in [-0.2, 0) is 4.74 Å². The molecule has 0 radical (unpaired) electrons. The first-order valence-corrected chi connectivity index (χ1v) is 8.36. The number of aryl methyl sites for hydroxylation is 1. The predicted molar refractivity (Wildman–Crippen MR) is 95.1 cm³/mol. The van der Waals surface area contributed by atoms with Crippen molar-refractivity contribution in [1.29, 1.82) is 0 Å². The van der Waals surface area contributed by atoms with Gasteiger partial charge in [0.25, 0.3) is 0 Å². The van der Waals surface area contributed by atoms with Gasteiger partial charge in [-0.25, -0.2) is 4.79 Å². The number of halogens is 2. The maximum atomic E-state index is 12.4. The lowest BCUT2D eigenvalue weighted by atomic mass is 10.1. The fourth-order valence-electron chi connectivity index (χ4n) is 2.92. The van der Waals surface area contributed by atoms with Gasteiger partial charge >= 0.3 is 12.6 Å². The number of rotatable bonds is 8. The molecule has 2 rings (SSSR count). The molecule has 7 nitrogen and oxygen atoms in total. The van der Waals surface area contributed by atoms with Gasteiger partial charge in [-0.05, 0) is 44.5 Å². The topological polar surface area (TPSA) is 97.9 Å². The van der Waals surface area contributed by atoms with Crippen LogP contribution in [0.5, 0.6) is 11.5 Å². The first-order valence-electron chi connectivity index (χ1n) is 8.36. The van der Waals surface area contributed by atoms with Crippen LogP contribution in [0.15, 0.2) is 18.2 Å². The SMILES string of the molecule is COc1cc(C(=O)COC(=O)c2[nH]c(C)c([C@@H](C)O)c2C)ccc1OC(F)F. The smallest absolute Gasteiger partial charge is 0.387 e. The van der Waals surface area contributed by atoms with E-state index in [0.29, 0.717) is 16.8 Å². The number of aromatic amines is 1. The minimum Gasteiger partial charge on any atom is -0.493 e. The van der Waals surface area contributed by atoms with E-state index >= 15 is 0 Å². The molecule has 0 amide bonds. The Labute approximate surface area is 160 Å². The van der Waals surface area contributed by atoms with Gasteiger partial charge in [-0.2, -0.15) is 8.78 Å².